The number of hydrogen-bond acceptors (Lipinski definition) is 4. The van der Waals surface area contributed by atoms with Gasteiger partial charge in [-0.3, -0.25) is 14.3 Å². The van der Waals surface area contributed by atoms with E-state index < -0.39 is 23.6 Å². The summed E-state index contributed by atoms with van der Waals surface area (Å²) in [6, 6.07) is 0. The molecule has 0 bridgehead atoms. The molecule has 1 aromatic heterocycles. The number of rotatable bonds is 2. The van der Waals surface area contributed by atoms with Gasteiger partial charge in [-0.1, -0.05) is 6.08 Å². The standard InChI is InChI=1S/C10H12N2O4.Na.H/c1-6-4-12(10(15)11-9(6)14)8-3-2-7(5-13)16-8;;/h2-4,7-8,13H,5H2,1H3,(H,11,14,15);;/q;+1;-1/t7-,8+;;/m0../s1. The molecule has 0 radical (unpaired) electrons. The van der Waals surface area contributed by atoms with Crippen LogP contribution >= 0.6 is 0 Å². The van der Waals surface area contributed by atoms with E-state index in [4.69, 9.17) is 9.84 Å². The molecule has 2 atom stereocenters. The first-order valence-corrected chi connectivity index (χ1v) is 4.88. The molecule has 0 fully saturated rings. The Morgan fingerprint density at radius 3 is 2.82 bits per heavy atom. The van der Waals surface area contributed by atoms with E-state index in [2.05, 4.69) is 4.98 Å². The Balaban J connectivity index is 0.00000144. The van der Waals surface area contributed by atoms with Crippen LogP contribution in [0.25, 0.3) is 0 Å². The largest absolute Gasteiger partial charge is 1.00 e. The Labute approximate surface area is 121 Å². The van der Waals surface area contributed by atoms with Gasteiger partial charge < -0.3 is 11.3 Å². The first-order valence-electron chi connectivity index (χ1n) is 4.88. The SMILES string of the molecule is Cc1cn([C@H]2C=C[C@@H](CO)O2)c(=O)[nH]c1=O.[H-].[Na+]. The van der Waals surface area contributed by atoms with Crippen LogP contribution in [0.5, 0.6) is 0 Å². The summed E-state index contributed by atoms with van der Waals surface area (Å²) in [5, 5.41) is 8.88. The van der Waals surface area contributed by atoms with Crippen molar-refractivity contribution in [2.24, 2.45) is 0 Å². The number of aryl methyl sites for hydroxylation is 1. The van der Waals surface area contributed by atoms with Crippen LogP contribution in [0, 0.1) is 6.92 Å². The molecule has 1 aromatic rings. The number of aliphatic hydroxyl groups is 1. The number of hydrogen-bond donors (Lipinski definition) is 2. The second-order valence-corrected chi connectivity index (χ2v) is 3.61. The maximum atomic E-state index is 11.5. The van der Waals surface area contributed by atoms with Crippen LogP contribution in [0.15, 0.2) is 27.9 Å². The van der Waals surface area contributed by atoms with Crippen LogP contribution in [-0.2, 0) is 4.74 Å². The molecule has 7 heteroatoms. The van der Waals surface area contributed by atoms with Crippen molar-refractivity contribution in [2.75, 3.05) is 6.61 Å². The van der Waals surface area contributed by atoms with E-state index >= 15 is 0 Å². The van der Waals surface area contributed by atoms with Crippen molar-refractivity contribution < 1.29 is 40.8 Å². The summed E-state index contributed by atoms with van der Waals surface area (Å²) >= 11 is 0. The Bertz CT molecular complexity index is 539. The monoisotopic (exact) mass is 248 g/mol. The topological polar surface area (TPSA) is 84.3 Å². The van der Waals surface area contributed by atoms with Gasteiger partial charge in [0.15, 0.2) is 6.23 Å². The summed E-state index contributed by atoms with van der Waals surface area (Å²) in [7, 11) is 0. The average Bonchev–Trinajstić information content (AvgIpc) is 2.71. The molecular weight excluding hydrogens is 235 g/mol. The molecule has 1 aliphatic heterocycles. The first-order chi connectivity index (χ1) is 7.61. The number of aromatic nitrogens is 2. The molecule has 0 saturated carbocycles. The van der Waals surface area contributed by atoms with Crippen LogP contribution in [0.4, 0.5) is 0 Å². The summed E-state index contributed by atoms with van der Waals surface area (Å²) in [4.78, 5) is 24.9. The fourth-order valence-corrected chi connectivity index (χ4v) is 1.53. The maximum absolute atomic E-state index is 11.5. The van der Waals surface area contributed by atoms with Gasteiger partial charge in [-0.15, -0.1) is 0 Å². The zero-order valence-electron chi connectivity index (χ0n) is 10.7. The van der Waals surface area contributed by atoms with E-state index in [0.29, 0.717) is 5.56 Å². The minimum Gasteiger partial charge on any atom is -1.00 e. The summed E-state index contributed by atoms with van der Waals surface area (Å²) in [6.07, 6.45) is 3.82. The minimum atomic E-state index is -0.569. The number of nitrogens with zero attached hydrogens (tertiary/aromatic N) is 1. The smallest absolute Gasteiger partial charge is 1.00 e. The molecule has 0 unspecified atom stereocenters. The van der Waals surface area contributed by atoms with Gasteiger partial charge >= 0.3 is 35.2 Å². The van der Waals surface area contributed by atoms with Crippen LogP contribution < -0.4 is 40.8 Å². The number of aliphatic hydroxyl groups excluding tert-OH is 1. The molecule has 2 N–H and O–H groups in total. The predicted molar refractivity (Wildman–Crippen MR) is 57.3 cm³/mol. The van der Waals surface area contributed by atoms with Crippen molar-refractivity contribution in [2.45, 2.75) is 19.3 Å². The average molecular weight is 248 g/mol. The van der Waals surface area contributed by atoms with E-state index in [1.807, 2.05) is 0 Å². The molecule has 0 aromatic carbocycles. The molecule has 2 rings (SSSR count). The number of ether oxygens (including phenoxy) is 1. The molecule has 2 heterocycles. The van der Waals surface area contributed by atoms with Crippen molar-refractivity contribution in [1.82, 2.24) is 9.55 Å². The molecule has 0 saturated heterocycles. The van der Waals surface area contributed by atoms with Crippen molar-refractivity contribution in [3.63, 3.8) is 0 Å². The van der Waals surface area contributed by atoms with Gasteiger partial charge in [0, 0.05) is 11.8 Å². The molecule has 88 valence electrons. The Morgan fingerprint density at radius 1 is 1.53 bits per heavy atom. The van der Waals surface area contributed by atoms with Gasteiger partial charge in [-0.2, -0.15) is 0 Å². The van der Waals surface area contributed by atoms with E-state index in [9.17, 15) is 9.59 Å². The zero-order chi connectivity index (χ0) is 11.7. The van der Waals surface area contributed by atoms with Gasteiger partial charge in [0.1, 0.15) is 6.10 Å². The van der Waals surface area contributed by atoms with E-state index in [1.165, 1.54) is 10.8 Å². The molecular formula is C10H13N2NaO4. The molecule has 17 heavy (non-hydrogen) atoms. The quantitative estimate of drug-likeness (QED) is 0.418. The van der Waals surface area contributed by atoms with Gasteiger partial charge in [0.25, 0.3) is 5.56 Å². The van der Waals surface area contributed by atoms with Crippen LogP contribution in [0.3, 0.4) is 0 Å². The van der Waals surface area contributed by atoms with Crippen LogP contribution in [0.1, 0.15) is 13.2 Å². The van der Waals surface area contributed by atoms with Crippen LogP contribution in [-0.4, -0.2) is 27.4 Å². The summed E-state index contributed by atoms with van der Waals surface area (Å²) in [5.41, 5.74) is -0.491. The fourth-order valence-electron chi connectivity index (χ4n) is 1.53. The van der Waals surface area contributed by atoms with E-state index in [-0.39, 0.29) is 37.6 Å². The van der Waals surface area contributed by atoms with Crippen molar-refractivity contribution in [1.29, 1.82) is 0 Å². The summed E-state index contributed by atoms with van der Waals surface area (Å²) in [5.74, 6) is 0. The molecule has 6 nitrogen and oxygen atoms in total. The van der Waals surface area contributed by atoms with Gasteiger partial charge in [-0.25, -0.2) is 4.79 Å². The van der Waals surface area contributed by atoms with Crippen LogP contribution in [0.2, 0.25) is 0 Å². The Hall–Kier alpha value is -0.660. The number of nitrogens with one attached hydrogen (secondary N) is 1. The first kappa shape index (κ1) is 14.4. The Morgan fingerprint density at radius 2 is 2.24 bits per heavy atom. The second-order valence-electron chi connectivity index (χ2n) is 3.61. The van der Waals surface area contributed by atoms with Gasteiger partial charge in [0.2, 0.25) is 0 Å². The fraction of sp³-hybridized carbons (Fsp3) is 0.400. The summed E-state index contributed by atoms with van der Waals surface area (Å²) in [6.45, 7) is 1.47. The Kier molecular flexibility index (Phi) is 4.91. The third-order valence-corrected chi connectivity index (χ3v) is 2.40. The maximum Gasteiger partial charge on any atom is 1.00 e. The molecule has 1 aliphatic rings. The second kappa shape index (κ2) is 5.79. The summed E-state index contributed by atoms with van der Waals surface area (Å²) < 4.78 is 6.63. The van der Waals surface area contributed by atoms with Crippen molar-refractivity contribution >= 4 is 0 Å². The van der Waals surface area contributed by atoms with Gasteiger partial charge in [-0.05, 0) is 13.0 Å². The van der Waals surface area contributed by atoms with E-state index in [1.54, 1.807) is 19.1 Å². The third kappa shape index (κ3) is 2.97. The molecule has 0 spiro atoms. The minimum absolute atomic E-state index is 0. The number of H-pyrrole nitrogens is 1. The van der Waals surface area contributed by atoms with E-state index in [0.717, 1.165) is 0 Å². The molecule has 0 aliphatic carbocycles. The normalized spacial score (nSPS) is 22.5. The predicted octanol–water partition coefficient (Wildman–Crippen LogP) is -3.59. The molecule has 0 amide bonds. The zero-order valence-corrected chi connectivity index (χ0v) is 11.7. The third-order valence-electron chi connectivity index (χ3n) is 2.40. The van der Waals surface area contributed by atoms with Crippen molar-refractivity contribution in [3.8, 4) is 0 Å². The van der Waals surface area contributed by atoms with Gasteiger partial charge in [0.05, 0.1) is 6.61 Å². The number of aromatic amines is 1. The van der Waals surface area contributed by atoms with Crippen molar-refractivity contribution in [3.05, 3.63) is 44.8 Å².